The van der Waals surface area contributed by atoms with Gasteiger partial charge < -0.3 is 20.1 Å². The number of nitrogens with one attached hydrogen (secondary N) is 2. The maximum atomic E-state index is 11.5. The molecule has 5 nitrogen and oxygen atoms in total. The van der Waals surface area contributed by atoms with Crippen LogP contribution in [0, 0.1) is 0 Å². The summed E-state index contributed by atoms with van der Waals surface area (Å²) in [6.45, 7) is 7.00. The number of methoxy groups -OCH3 is 1. The third-order valence-corrected chi connectivity index (χ3v) is 2.16. The molecule has 0 bridgehead atoms. The van der Waals surface area contributed by atoms with E-state index < -0.39 is 11.7 Å². The Balaban J connectivity index is 0.00000225. The summed E-state index contributed by atoms with van der Waals surface area (Å²) in [5, 5.41) is 5.93. The van der Waals surface area contributed by atoms with E-state index in [2.05, 4.69) is 10.6 Å². The third kappa shape index (κ3) is 5.01. The molecule has 0 saturated carbocycles. The Labute approximate surface area is 103 Å². The van der Waals surface area contributed by atoms with Crippen molar-refractivity contribution in [3.63, 3.8) is 0 Å². The molecule has 0 aromatic heterocycles. The van der Waals surface area contributed by atoms with E-state index in [0.29, 0.717) is 0 Å². The Morgan fingerprint density at radius 1 is 1.38 bits per heavy atom. The summed E-state index contributed by atoms with van der Waals surface area (Å²) in [5.41, 5.74) is -0.460. The van der Waals surface area contributed by atoms with Crippen molar-refractivity contribution >= 4 is 18.5 Å². The van der Waals surface area contributed by atoms with E-state index in [1.807, 2.05) is 20.8 Å². The molecule has 0 radical (unpaired) electrons. The van der Waals surface area contributed by atoms with Gasteiger partial charge >= 0.3 is 6.09 Å². The number of halogens is 1. The summed E-state index contributed by atoms with van der Waals surface area (Å²) in [4.78, 5) is 11.5. The standard InChI is InChI=1S/C10H20N2O3.ClH/c1-10(2,3)15-9(13)12-7-5-11-6-8(7)14-4;/h7-8,11H,5-6H2,1-4H3,(H,12,13);1H/t7-,8+;/m0./s1. The van der Waals surface area contributed by atoms with Crippen LogP contribution in [0.1, 0.15) is 20.8 Å². The summed E-state index contributed by atoms with van der Waals surface area (Å²) in [5.74, 6) is 0. The number of hydrogen-bond acceptors (Lipinski definition) is 4. The van der Waals surface area contributed by atoms with Crippen molar-refractivity contribution in [2.24, 2.45) is 0 Å². The van der Waals surface area contributed by atoms with Crippen LogP contribution in [0.2, 0.25) is 0 Å². The molecule has 0 spiro atoms. The molecule has 1 aliphatic heterocycles. The lowest BCUT2D eigenvalue weighted by molar-refractivity contribution is 0.0417. The van der Waals surface area contributed by atoms with Crippen LogP contribution in [0.3, 0.4) is 0 Å². The van der Waals surface area contributed by atoms with Gasteiger partial charge in [0.2, 0.25) is 0 Å². The van der Waals surface area contributed by atoms with Crippen LogP contribution in [-0.4, -0.2) is 44.0 Å². The topological polar surface area (TPSA) is 59.6 Å². The SMILES string of the molecule is CO[C@@H]1CNC[C@@H]1NC(=O)OC(C)(C)C.Cl. The van der Waals surface area contributed by atoms with Gasteiger partial charge in [-0.1, -0.05) is 0 Å². The van der Waals surface area contributed by atoms with Crippen LogP contribution in [0.25, 0.3) is 0 Å². The second kappa shape index (κ2) is 6.27. The largest absolute Gasteiger partial charge is 0.444 e. The average Bonchev–Trinajstić information content (AvgIpc) is 2.48. The zero-order valence-electron chi connectivity index (χ0n) is 10.2. The van der Waals surface area contributed by atoms with Crippen molar-refractivity contribution in [1.29, 1.82) is 0 Å². The van der Waals surface area contributed by atoms with E-state index >= 15 is 0 Å². The molecular formula is C10H21ClN2O3. The maximum absolute atomic E-state index is 11.5. The predicted molar refractivity (Wildman–Crippen MR) is 64.1 cm³/mol. The van der Waals surface area contributed by atoms with Crippen molar-refractivity contribution in [3.8, 4) is 0 Å². The fourth-order valence-electron chi connectivity index (χ4n) is 1.51. The highest BCUT2D eigenvalue weighted by atomic mass is 35.5. The van der Waals surface area contributed by atoms with Gasteiger partial charge in [0.1, 0.15) is 5.60 Å². The van der Waals surface area contributed by atoms with Crippen molar-refractivity contribution in [1.82, 2.24) is 10.6 Å². The molecule has 0 aliphatic carbocycles. The molecule has 0 aromatic rings. The number of amides is 1. The highest BCUT2D eigenvalue weighted by molar-refractivity contribution is 5.85. The molecule has 1 heterocycles. The molecule has 0 aromatic carbocycles. The van der Waals surface area contributed by atoms with Crippen LogP contribution >= 0.6 is 12.4 Å². The van der Waals surface area contributed by atoms with E-state index in [1.165, 1.54) is 0 Å². The van der Waals surface area contributed by atoms with Gasteiger partial charge in [0.25, 0.3) is 0 Å². The van der Waals surface area contributed by atoms with Gasteiger partial charge in [-0.05, 0) is 20.8 Å². The van der Waals surface area contributed by atoms with E-state index in [4.69, 9.17) is 9.47 Å². The van der Waals surface area contributed by atoms with E-state index in [1.54, 1.807) is 7.11 Å². The normalized spacial score (nSPS) is 24.8. The molecule has 0 unspecified atom stereocenters. The van der Waals surface area contributed by atoms with Crippen LogP contribution in [0.5, 0.6) is 0 Å². The highest BCUT2D eigenvalue weighted by Crippen LogP contribution is 2.09. The van der Waals surface area contributed by atoms with Crippen molar-refractivity contribution in [2.75, 3.05) is 20.2 Å². The zero-order chi connectivity index (χ0) is 11.5. The minimum atomic E-state index is -0.460. The molecule has 1 rings (SSSR count). The van der Waals surface area contributed by atoms with Crippen molar-refractivity contribution < 1.29 is 14.3 Å². The summed E-state index contributed by atoms with van der Waals surface area (Å²) in [6.07, 6.45) is -0.365. The average molecular weight is 253 g/mol. The molecule has 96 valence electrons. The number of hydrogen-bond donors (Lipinski definition) is 2. The fraction of sp³-hybridized carbons (Fsp3) is 0.900. The molecule has 2 atom stereocenters. The van der Waals surface area contributed by atoms with Gasteiger partial charge in [-0.25, -0.2) is 4.79 Å². The first-order valence-electron chi connectivity index (χ1n) is 5.15. The van der Waals surface area contributed by atoms with Crippen LogP contribution in [-0.2, 0) is 9.47 Å². The summed E-state index contributed by atoms with van der Waals surface area (Å²) >= 11 is 0. The van der Waals surface area contributed by atoms with Gasteiger partial charge in [-0.2, -0.15) is 0 Å². The Kier molecular flexibility index (Phi) is 6.07. The van der Waals surface area contributed by atoms with Gasteiger partial charge in [-0.3, -0.25) is 0 Å². The van der Waals surface area contributed by atoms with Gasteiger partial charge in [0.15, 0.2) is 0 Å². The lowest BCUT2D eigenvalue weighted by atomic mass is 10.2. The molecule has 1 fully saturated rings. The van der Waals surface area contributed by atoms with E-state index in [-0.39, 0.29) is 24.6 Å². The number of carbonyl (C=O) groups excluding carboxylic acids is 1. The Bertz CT molecular complexity index is 231. The monoisotopic (exact) mass is 252 g/mol. The predicted octanol–water partition coefficient (Wildman–Crippen LogP) is 0.920. The Morgan fingerprint density at radius 3 is 2.50 bits per heavy atom. The van der Waals surface area contributed by atoms with Crippen LogP contribution in [0.15, 0.2) is 0 Å². The summed E-state index contributed by atoms with van der Waals surface area (Å²) < 4.78 is 10.4. The first kappa shape index (κ1) is 15.5. The van der Waals surface area contributed by atoms with Crippen LogP contribution < -0.4 is 10.6 Å². The van der Waals surface area contributed by atoms with Crippen LogP contribution in [0.4, 0.5) is 4.79 Å². The van der Waals surface area contributed by atoms with Gasteiger partial charge in [0, 0.05) is 20.2 Å². The lowest BCUT2D eigenvalue weighted by Gasteiger charge is -2.23. The van der Waals surface area contributed by atoms with Gasteiger partial charge in [-0.15, -0.1) is 12.4 Å². The molecule has 1 saturated heterocycles. The van der Waals surface area contributed by atoms with E-state index in [0.717, 1.165) is 13.1 Å². The number of rotatable bonds is 2. The van der Waals surface area contributed by atoms with Gasteiger partial charge in [0.05, 0.1) is 12.1 Å². The van der Waals surface area contributed by atoms with Crippen molar-refractivity contribution in [2.45, 2.75) is 38.5 Å². The quantitative estimate of drug-likeness (QED) is 0.767. The summed E-state index contributed by atoms with van der Waals surface area (Å²) in [7, 11) is 1.64. The minimum Gasteiger partial charge on any atom is -0.444 e. The first-order valence-corrected chi connectivity index (χ1v) is 5.15. The Morgan fingerprint density at radius 2 is 2.00 bits per heavy atom. The summed E-state index contributed by atoms with van der Waals surface area (Å²) in [6, 6.07) is -0.00940. The number of alkyl carbamates (subject to hydrolysis) is 1. The molecule has 1 amide bonds. The second-order valence-electron chi connectivity index (χ2n) is 4.69. The third-order valence-electron chi connectivity index (χ3n) is 2.16. The molecule has 2 N–H and O–H groups in total. The van der Waals surface area contributed by atoms with E-state index in [9.17, 15) is 4.79 Å². The lowest BCUT2D eigenvalue weighted by Crippen LogP contribution is -2.45. The molecule has 16 heavy (non-hydrogen) atoms. The fourth-order valence-corrected chi connectivity index (χ4v) is 1.51. The molecule has 6 heteroatoms. The highest BCUT2D eigenvalue weighted by Gasteiger charge is 2.29. The zero-order valence-corrected chi connectivity index (χ0v) is 11.0. The first-order chi connectivity index (χ1) is 6.92. The smallest absolute Gasteiger partial charge is 0.408 e. The Hall–Kier alpha value is -0.520. The second-order valence-corrected chi connectivity index (χ2v) is 4.69. The van der Waals surface area contributed by atoms with Crippen molar-refractivity contribution in [3.05, 3.63) is 0 Å². The number of carbonyl (C=O) groups is 1. The molecule has 1 aliphatic rings. The minimum absolute atomic E-state index is 0. The maximum Gasteiger partial charge on any atom is 0.408 e. The molecular weight excluding hydrogens is 232 g/mol. The number of ether oxygens (including phenoxy) is 2.